The van der Waals surface area contributed by atoms with Crippen molar-refractivity contribution in [2.45, 2.75) is 44.6 Å². The van der Waals surface area contributed by atoms with E-state index in [9.17, 15) is 0 Å². The summed E-state index contributed by atoms with van der Waals surface area (Å²) in [7, 11) is 0. The highest BCUT2D eigenvalue weighted by Gasteiger charge is 2.27. The third kappa shape index (κ3) is 3.51. The van der Waals surface area contributed by atoms with Gasteiger partial charge in [-0.1, -0.05) is 37.3 Å². The van der Waals surface area contributed by atoms with Gasteiger partial charge in [-0.15, -0.1) is 0 Å². The zero-order chi connectivity index (χ0) is 14.5. The Morgan fingerprint density at radius 2 is 2.05 bits per heavy atom. The maximum atomic E-state index is 4.43. The average molecular weight is 280 g/mol. The molecular weight excluding hydrogens is 256 g/mol. The van der Waals surface area contributed by atoms with Crippen molar-refractivity contribution in [3.63, 3.8) is 0 Å². The van der Waals surface area contributed by atoms with E-state index in [0.717, 1.165) is 18.9 Å². The van der Waals surface area contributed by atoms with Crippen LogP contribution in [0.1, 0.15) is 42.5 Å². The van der Waals surface area contributed by atoms with Crippen molar-refractivity contribution in [3.05, 3.63) is 65.5 Å². The molecule has 3 rings (SSSR count). The van der Waals surface area contributed by atoms with E-state index in [4.69, 9.17) is 0 Å². The van der Waals surface area contributed by atoms with E-state index < -0.39 is 0 Å². The highest BCUT2D eigenvalue weighted by Crippen LogP contribution is 2.38. The SMILES string of the molecule is CCNC(CCc1ccccn1)CC1Cc2ccccc21. The fraction of sp³-hybridized carbons (Fsp3) is 0.421. The van der Waals surface area contributed by atoms with Crippen LogP contribution in [0.2, 0.25) is 0 Å². The summed E-state index contributed by atoms with van der Waals surface area (Å²) >= 11 is 0. The van der Waals surface area contributed by atoms with Gasteiger partial charge < -0.3 is 5.32 Å². The standard InChI is InChI=1S/C19H24N2/c1-2-20-18(11-10-17-8-5-6-12-21-17)14-16-13-15-7-3-4-9-19(15)16/h3-9,12,16,18,20H,2,10-11,13-14H2,1H3. The van der Waals surface area contributed by atoms with Gasteiger partial charge in [0.05, 0.1) is 0 Å². The van der Waals surface area contributed by atoms with Crippen LogP contribution >= 0.6 is 0 Å². The highest BCUT2D eigenvalue weighted by atomic mass is 14.9. The van der Waals surface area contributed by atoms with Crippen LogP contribution in [-0.4, -0.2) is 17.6 Å². The van der Waals surface area contributed by atoms with E-state index in [0.29, 0.717) is 6.04 Å². The van der Waals surface area contributed by atoms with Gasteiger partial charge in [-0.25, -0.2) is 0 Å². The molecule has 21 heavy (non-hydrogen) atoms. The molecule has 1 N–H and O–H groups in total. The first-order valence-corrected chi connectivity index (χ1v) is 8.08. The van der Waals surface area contributed by atoms with Crippen molar-refractivity contribution in [1.82, 2.24) is 10.3 Å². The lowest BCUT2D eigenvalue weighted by atomic mass is 9.74. The Morgan fingerprint density at radius 3 is 2.81 bits per heavy atom. The number of hydrogen-bond donors (Lipinski definition) is 1. The van der Waals surface area contributed by atoms with Crippen molar-refractivity contribution in [2.24, 2.45) is 0 Å². The van der Waals surface area contributed by atoms with E-state index in [1.807, 2.05) is 12.3 Å². The van der Waals surface area contributed by atoms with Gasteiger partial charge in [0.2, 0.25) is 0 Å². The van der Waals surface area contributed by atoms with Crippen molar-refractivity contribution in [3.8, 4) is 0 Å². The van der Waals surface area contributed by atoms with Gasteiger partial charge in [0.25, 0.3) is 0 Å². The summed E-state index contributed by atoms with van der Waals surface area (Å²) in [5.41, 5.74) is 4.31. The Labute approximate surface area is 127 Å². The second-order valence-electron chi connectivity index (χ2n) is 5.95. The van der Waals surface area contributed by atoms with E-state index in [2.05, 4.69) is 53.6 Å². The third-order valence-corrected chi connectivity index (χ3v) is 4.50. The Balaban J connectivity index is 1.56. The molecule has 1 aliphatic carbocycles. The Kier molecular flexibility index (Phi) is 4.66. The van der Waals surface area contributed by atoms with Crippen LogP contribution in [0, 0.1) is 0 Å². The summed E-state index contributed by atoms with van der Waals surface area (Å²) in [5, 5.41) is 3.66. The molecule has 2 heteroatoms. The molecule has 1 aromatic heterocycles. The quantitative estimate of drug-likeness (QED) is 0.836. The number of aromatic nitrogens is 1. The highest BCUT2D eigenvalue weighted by molar-refractivity contribution is 5.39. The summed E-state index contributed by atoms with van der Waals surface area (Å²) in [5.74, 6) is 0.744. The molecule has 2 aromatic rings. The maximum absolute atomic E-state index is 4.43. The first-order chi connectivity index (χ1) is 10.4. The number of fused-ring (bicyclic) bond motifs is 1. The molecular formula is C19H24N2. The number of pyridine rings is 1. The Hall–Kier alpha value is -1.67. The number of benzene rings is 1. The molecule has 0 radical (unpaired) electrons. The molecule has 110 valence electrons. The van der Waals surface area contributed by atoms with Crippen molar-refractivity contribution >= 4 is 0 Å². The second-order valence-corrected chi connectivity index (χ2v) is 5.95. The molecule has 0 aliphatic heterocycles. The van der Waals surface area contributed by atoms with Gasteiger partial charge in [0, 0.05) is 17.9 Å². The molecule has 2 atom stereocenters. The van der Waals surface area contributed by atoms with Crippen LogP contribution in [0.3, 0.4) is 0 Å². The van der Waals surface area contributed by atoms with Crippen LogP contribution in [0.5, 0.6) is 0 Å². The normalized spacial score (nSPS) is 17.9. The third-order valence-electron chi connectivity index (χ3n) is 4.50. The summed E-state index contributed by atoms with van der Waals surface area (Å²) in [6.07, 6.45) is 6.62. The molecule has 1 aliphatic rings. The van der Waals surface area contributed by atoms with Gasteiger partial charge in [-0.3, -0.25) is 4.98 Å². The minimum atomic E-state index is 0.593. The molecule has 0 spiro atoms. The van der Waals surface area contributed by atoms with Gasteiger partial charge in [-0.2, -0.15) is 0 Å². The monoisotopic (exact) mass is 280 g/mol. The zero-order valence-corrected chi connectivity index (χ0v) is 12.8. The lowest BCUT2D eigenvalue weighted by Crippen LogP contribution is -2.33. The van der Waals surface area contributed by atoms with E-state index in [1.165, 1.54) is 25.0 Å². The number of aryl methyl sites for hydroxylation is 1. The molecule has 0 bridgehead atoms. The van der Waals surface area contributed by atoms with Crippen molar-refractivity contribution in [1.29, 1.82) is 0 Å². The van der Waals surface area contributed by atoms with Gasteiger partial charge in [-0.05, 0) is 61.4 Å². The molecule has 0 saturated heterocycles. The topological polar surface area (TPSA) is 24.9 Å². The van der Waals surface area contributed by atoms with Crippen molar-refractivity contribution < 1.29 is 0 Å². The minimum absolute atomic E-state index is 0.593. The zero-order valence-electron chi connectivity index (χ0n) is 12.8. The van der Waals surface area contributed by atoms with Crippen LogP contribution in [0.4, 0.5) is 0 Å². The number of nitrogens with one attached hydrogen (secondary N) is 1. The molecule has 2 unspecified atom stereocenters. The van der Waals surface area contributed by atoms with Gasteiger partial charge in [0.15, 0.2) is 0 Å². The summed E-state index contributed by atoms with van der Waals surface area (Å²) in [6, 6.07) is 15.7. The Bertz CT molecular complexity index is 565. The van der Waals surface area contributed by atoms with Crippen molar-refractivity contribution in [2.75, 3.05) is 6.54 Å². The van der Waals surface area contributed by atoms with Crippen LogP contribution in [-0.2, 0) is 12.8 Å². The molecule has 1 aromatic carbocycles. The summed E-state index contributed by atoms with van der Waals surface area (Å²) in [4.78, 5) is 4.43. The fourth-order valence-corrected chi connectivity index (χ4v) is 3.38. The summed E-state index contributed by atoms with van der Waals surface area (Å²) < 4.78 is 0. The lowest BCUT2D eigenvalue weighted by Gasteiger charge is -2.33. The van der Waals surface area contributed by atoms with Crippen LogP contribution in [0.15, 0.2) is 48.7 Å². The Morgan fingerprint density at radius 1 is 1.19 bits per heavy atom. The largest absolute Gasteiger partial charge is 0.314 e. The average Bonchev–Trinajstić information content (AvgIpc) is 2.51. The predicted octanol–water partition coefficient (Wildman–Crippen LogP) is 3.72. The molecule has 0 fully saturated rings. The smallest absolute Gasteiger partial charge is 0.0404 e. The molecule has 1 heterocycles. The first-order valence-electron chi connectivity index (χ1n) is 8.08. The van der Waals surface area contributed by atoms with Gasteiger partial charge in [0.1, 0.15) is 0 Å². The van der Waals surface area contributed by atoms with Gasteiger partial charge >= 0.3 is 0 Å². The molecule has 0 amide bonds. The number of hydrogen-bond acceptors (Lipinski definition) is 2. The lowest BCUT2D eigenvalue weighted by molar-refractivity contribution is 0.404. The maximum Gasteiger partial charge on any atom is 0.0404 e. The number of nitrogens with zero attached hydrogens (tertiary/aromatic N) is 1. The van der Waals surface area contributed by atoms with E-state index >= 15 is 0 Å². The van der Waals surface area contributed by atoms with Crippen LogP contribution in [0.25, 0.3) is 0 Å². The minimum Gasteiger partial charge on any atom is -0.314 e. The molecule has 0 saturated carbocycles. The first kappa shape index (κ1) is 14.3. The van der Waals surface area contributed by atoms with E-state index in [1.54, 1.807) is 11.1 Å². The summed E-state index contributed by atoms with van der Waals surface area (Å²) in [6.45, 7) is 3.24. The fourth-order valence-electron chi connectivity index (χ4n) is 3.38. The van der Waals surface area contributed by atoms with E-state index in [-0.39, 0.29) is 0 Å². The second kappa shape index (κ2) is 6.86. The molecule has 2 nitrogen and oxygen atoms in total. The van der Waals surface area contributed by atoms with Crippen LogP contribution < -0.4 is 5.32 Å². The number of rotatable bonds is 7. The predicted molar refractivity (Wildman–Crippen MR) is 87.5 cm³/mol.